The third kappa shape index (κ3) is 7.73. The second-order valence-corrected chi connectivity index (χ2v) is 12.0. The summed E-state index contributed by atoms with van der Waals surface area (Å²) in [6, 6.07) is 0.308. The topological polar surface area (TPSA) is 88.5 Å². The number of aliphatic imine (C=N–C) groups is 2. The third-order valence-electron chi connectivity index (χ3n) is 8.94. The molecule has 2 saturated carbocycles. The number of aryl methyl sites for hydroxylation is 4. The van der Waals surface area contributed by atoms with Crippen molar-refractivity contribution >= 4 is 11.8 Å². The number of hydrogen-bond donors (Lipinski definition) is 0. The van der Waals surface area contributed by atoms with E-state index in [1.165, 1.54) is 32.1 Å². The van der Waals surface area contributed by atoms with Gasteiger partial charge in [-0.2, -0.15) is 0 Å². The third-order valence-corrected chi connectivity index (χ3v) is 8.94. The molecule has 0 radical (unpaired) electrons. The summed E-state index contributed by atoms with van der Waals surface area (Å²) in [5.74, 6) is 2.74. The predicted octanol–water partition coefficient (Wildman–Crippen LogP) is 2.96. The van der Waals surface area contributed by atoms with Gasteiger partial charge in [-0.25, -0.2) is 18.3 Å². The number of rotatable bonds is 12. The van der Waals surface area contributed by atoms with Gasteiger partial charge in [0, 0.05) is 12.1 Å². The smallest absolute Gasteiger partial charge is 0.291 e. The summed E-state index contributed by atoms with van der Waals surface area (Å²) in [5, 5.41) is 26.0. The Bertz CT molecular complexity index is 1010. The van der Waals surface area contributed by atoms with Crippen molar-refractivity contribution in [3.63, 3.8) is 0 Å². The van der Waals surface area contributed by atoms with Crippen molar-refractivity contribution < 1.29 is 19.3 Å². The van der Waals surface area contributed by atoms with Crippen molar-refractivity contribution in [1.82, 2.24) is 9.13 Å². The van der Waals surface area contributed by atoms with E-state index in [1.54, 1.807) is 0 Å². The summed E-state index contributed by atoms with van der Waals surface area (Å²) in [4.78, 5) is 9.30. The first-order valence-electron chi connectivity index (χ1n) is 15.5. The van der Waals surface area contributed by atoms with Gasteiger partial charge in [0.1, 0.15) is 24.8 Å². The zero-order valence-electron chi connectivity index (χ0n) is 24.7. The standard InChI is InChI=1S/C31H50N6O2/c1-5-7-17-36-21-19-34(3)30(36)28(38)32-26-13-9-24(10-14-26)23-25-11-15-27(16-12-25)33-29(39)31-35(4)20-22-37(31)18-8-6-2/h19-22,24-27H,5-18,23H2,1-4H3. The van der Waals surface area contributed by atoms with E-state index in [9.17, 15) is 10.2 Å². The highest BCUT2D eigenvalue weighted by Crippen LogP contribution is 2.36. The van der Waals surface area contributed by atoms with E-state index in [2.05, 4.69) is 33.0 Å². The van der Waals surface area contributed by atoms with Crippen molar-refractivity contribution in [2.75, 3.05) is 0 Å². The van der Waals surface area contributed by atoms with Crippen LogP contribution in [0.15, 0.2) is 34.8 Å². The van der Waals surface area contributed by atoms with Gasteiger partial charge in [0.05, 0.1) is 39.0 Å². The predicted molar refractivity (Wildman–Crippen MR) is 150 cm³/mol. The summed E-state index contributed by atoms with van der Waals surface area (Å²) in [6.45, 7) is 6.08. The first-order chi connectivity index (χ1) is 18.9. The van der Waals surface area contributed by atoms with Crippen LogP contribution in [0.2, 0.25) is 0 Å². The Labute approximate surface area is 235 Å². The van der Waals surface area contributed by atoms with Gasteiger partial charge in [-0.1, -0.05) is 26.7 Å². The monoisotopic (exact) mass is 538 g/mol. The molecule has 8 nitrogen and oxygen atoms in total. The normalized spacial score (nSPS) is 24.8. The molecular formula is C31H50N6O2. The quantitative estimate of drug-likeness (QED) is 0.236. The van der Waals surface area contributed by atoms with Gasteiger partial charge in [0.25, 0.3) is 11.6 Å². The molecular weight excluding hydrogens is 488 g/mol. The van der Waals surface area contributed by atoms with Crippen LogP contribution in [0.25, 0.3) is 0 Å². The lowest BCUT2D eigenvalue weighted by atomic mass is 9.76. The van der Waals surface area contributed by atoms with Crippen LogP contribution in [0.1, 0.15) is 109 Å². The first kappa shape index (κ1) is 29.3. The van der Waals surface area contributed by atoms with E-state index >= 15 is 0 Å². The molecule has 0 spiro atoms. The van der Waals surface area contributed by atoms with Gasteiger partial charge in [-0.05, 0) is 82.5 Å². The summed E-state index contributed by atoms with van der Waals surface area (Å²) >= 11 is 0. The maximum atomic E-state index is 13.0. The molecule has 2 heterocycles. The van der Waals surface area contributed by atoms with Crippen LogP contribution in [0, 0.1) is 11.8 Å². The van der Waals surface area contributed by atoms with Crippen LogP contribution in [0.4, 0.5) is 0 Å². The molecule has 2 aliphatic carbocycles. The molecule has 2 aromatic rings. The summed E-state index contributed by atoms with van der Waals surface area (Å²) in [5.41, 5.74) is 0. The lowest BCUT2D eigenvalue weighted by Crippen LogP contribution is -2.41. The molecule has 216 valence electrons. The minimum atomic E-state index is -0.0649. The molecule has 4 rings (SSSR count). The van der Waals surface area contributed by atoms with Crippen LogP contribution >= 0.6 is 0 Å². The second kappa shape index (κ2) is 14.1. The Morgan fingerprint density at radius 1 is 0.718 bits per heavy atom. The maximum absolute atomic E-state index is 13.0. The average Bonchev–Trinajstić information content (AvgIpc) is 3.49. The minimum Gasteiger partial charge on any atom is -0.853 e. The molecule has 0 unspecified atom stereocenters. The minimum absolute atomic E-state index is 0.0649. The fourth-order valence-corrected chi connectivity index (χ4v) is 6.55. The molecule has 2 aliphatic rings. The first-order valence-corrected chi connectivity index (χ1v) is 15.5. The van der Waals surface area contributed by atoms with Gasteiger partial charge in [0.15, 0.2) is 0 Å². The SMILES string of the molecule is CCCCn1cc[n+](C)c1/C([O-])=N/C1CCC(CC2CCC(/N=C(\[O-])c3n(CCCC)cc[n+]3C)CC2)CC1. The molecule has 0 aromatic carbocycles. The Morgan fingerprint density at radius 3 is 1.46 bits per heavy atom. The highest BCUT2D eigenvalue weighted by molar-refractivity contribution is 5.86. The average molecular weight is 539 g/mol. The van der Waals surface area contributed by atoms with E-state index in [1.807, 2.05) is 48.0 Å². The molecule has 0 aliphatic heterocycles. The molecule has 0 bridgehead atoms. The number of unbranched alkanes of at least 4 members (excludes halogenated alkanes) is 2. The summed E-state index contributed by atoms with van der Waals surface area (Å²) in [6.07, 6.45) is 22.3. The zero-order chi connectivity index (χ0) is 27.8. The van der Waals surface area contributed by atoms with Gasteiger partial charge in [0.2, 0.25) is 0 Å². The van der Waals surface area contributed by atoms with Crippen molar-refractivity contribution in [2.24, 2.45) is 35.9 Å². The lowest BCUT2D eigenvalue weighted by Gasteiger charge is -2.33. The number of hydrogen-bond acceptors (Lipinski definition) is 4. The number of nitrogens with zero attached hydrogens (tertiary/aromatic N) is 6. The van der Waals surface area contributed by atoms with E-state index in [-0.39, 0.29) is 23.9 Å². The van der Waals surface area contributed by atoms with Crippen molar-refractivity contribution in [3.8, 4) is 0 Å². The molecule has 0 amide bonds. The number of aromatic nitrogens is 4. The molecule has 2 aromatic heterocycles. The van der Waals surface area contributed by atoms with Crippen molar-refractivity contribution in [3.05, 3.63) is 36.4 Å². The van der Waals surface area contributed by atoms with Crippen molar-refractivity contribution in [2.45, 2.75) is 122 Å². The second-order valence-electron chi connectivity index (χ2n) is 12.0. The van der Waals surface area contributed by atoms with Crippen molar-refractivity contribution in [1.29, 1.82) is 0 Å². The molecule has 0 atom stereocenters. The Hall–Kier alpha value is -2.64. The maximum Gasteiger partial charge on any atom is 0.291 e. The Morgan fingerprint density at radius 2 is 1.10 bits per heavy atom. The van der Waals surface area contributed by atoms with Gasteiger partial charge in [-0.15, -0.1) is 0 Å². The van der Waals surface area contributed by atoms with Crippen LogP contribution in [0.5, 0.6) is 0 Å². The Balaban J connectivity index is 1.23. The summed E-state index contributed by atoms with van der Waals surface area (Å²) in [7, 11) is 3.87. The largest absolute Gasteiger partial charge is 0.853 e. The van der Waals surface area contributed by atoms with Gasteiger partial charge < -0.3 is 10.2 Å². The van der Waals surface area contributed by atoms with Gasteiger partial charge in [-0.3, -0.25) is 9.98 Å². The molecule has 8 heteroatoms. The summed E-state index contributed by atoms with van der Waals surface area (Å²) < 4.78 is 7.93. The van der Waals surface area contributed by atoms with Crippen LogP contribution in [-0.4, -0.2) is 33.0 Å². The van der Waals surface area contributed by atoms with Crippen LogP contribution < -0.4 is 19.3 Å². The molecule has 39 heavy (non-hydrogen) atoms. The van der Waals surface area contributed by atoms with E-state index in [0.717, 1.165) is 76.3 Å². The molecule has 0 N–H and O–H groups in total. The molecule has 2 fully saturated rings. The van der Waals surface area contributed by atoms with Crippen LogP contribution in [-0.2, 0) is 27.2 Å². The Kier molecular flexibility index (Phi) is 10.6. The van der Waals surface area contributed by atoms with E-state index in [4.69, 9.17) is 0 Å². The van der Waals surface area contributed by atoms with Crippen LogP contribution in [0.3, 0.4) is 0 Å². The number of imidazole rings is 2. The molecule has 0 saturated heterocycles. The fourth-order valence-electron chi connectivity index (χ4n) is 6.55. The fraction of sp³-hybridized carbons (Fsp3) is 0.742. The van der Waals surface area contributed by atoms with E-state index in [0.29, 0.717) is 11.6 Å². The highest BCUT2D eigenvalue weighted by atomic mass is 16.3. The zero-order valence-corrected chi connectivity index (χ0v) is 24.7. The van der Waals surface area contributed by atoms with E-state index < -0.39 is 0 Å². The highest BCUT2D eigenvalue weighted by Gasteiger charge is 2.28. The van der Waals surface area contributed by atoms with Gasteiger partial charge >= 0.3 is 0 Å². The lowest BCUT2D eigenvalue weighted by molar-refractivity contribution is -0.674.